The highest BCUT2D eigenvalue weighted by Gasteiger charge is 2.10. The zero-order valence-corrected chi connectivity index (χ0v) is 10.5. The number of amides is 2. The Balaban J connectivity index is 2.20. The van der Waals surface area contributed by atoms with Crippen LogP contribution < -0.4 is 10.6 Å². The van der Waals surface area contributed by atoms with Crippen LogP contribution in [0.5, 0.6) is 0 Å². The van der Waals surface area contributed by atoms with Crippen LogP contribution in [0.4, 0.5) is 11.4 Å². The van der Waals surface area contributed by atoms with Crippen molar-refractivity contribution in [1.29, 1.82) is 0 Å². The molecule has 0 bridgehead atoms. The first-order valence-corrected chi connectivity index (χ1v) is 5.88. The zero-order chi connectivity index (χ0) is 13.7. The standard InChI is InChI=1S/C15H14N2O2/c1-11-6-8-12(9-7-11)17-15(19)13-4-2-3-5-14(13)16-10-18/h2-10H,1H3,(H,16,18)(H,17,19). The van der Waals surface area contributed by atoms with Gasteiger partial charge in [0.05, 0.1) is 11.3 Å². The van der Waals surface area contributed by atoms with E-state index in [0.29, 0.717) is 17.7 Å². The van der Waals surface area contributed by atoms with E-state index in [-0.39, 0.29) is 5.91 Å². The van der Waals surface area contributed by atoms with Crippen molar-refractivity contribution in [1.82, 2.24) is 0 Å². The molecule has 0 unspecified atom stereocenters. The molecular formula is C15H14N2O2. The number of hydrogen-bond acceptors (Lipinski definition) is 2. The van der Waals surface area contributed by atoms with Crippen LogP contribution in [0.3, 0.4) is 0 Å². The topological polar surface area (TPSA) is 58.2 Å². The van der Waals surface area contributed by atoms with Crippen LogP contribution in [0.15, 0.2) is 48.5 Å². The fourth-order valence-corrected chi connectivity index (χ4v) is 1.71. The number of nitrogens with one attached hydrogen (secondary N) is 2. The molecule has 0 aliphatic rings. The number of aryl methyl sites for hydroxylation is 1. The molecule has 0 aliphatic carbocycles. The Kier molecular flexibility index (Phi) is 3.93. The maximum atomic E-state index is 12.1. The highest BCUT2D eigenvalue weighted by atomic mass is 16.2. The van der Waals surface area contributed by atoms with Crippen molar-refractivity contribution >= 4 is 23.7 Å². The van der Waals surface area contributed by atoms with Gasteiger partial charge in [0.25, 0.3) is 5.91 Å². The number of benzene rings is 2. The third kappa shape index (κ3) is 3.19. The Bertz CT molecular complexity index is 591. The average Bonchev–Trinajstić information content (AvgIpc) is 2.42. The summed E-state index contributed by atoms with van der Waals surface area (Å²) < 4.78 is 0. The fraction of sp³-hybridized carbons (Fsp3) is 0.0667. The van der Waals surface area contributed by atoms with Gasteiger partial charge in [0.2, 0.25) is 6.41 Å². The average molecular weight is 254 g/mol. The molecule has 2 rings (SSSR count). The van der Waals surface area contributed by atoms with E-state index >= 15 is 0 Å². The Morgan fingerprint density at radius 3 is 2.42 bits per heavy atom. The number of carbonyl (C=O) groups is 2. The zero-order valence-electron chi connectivity index (χ0n) is 10.5. The van der Waals surface area contributed by atoms with Crippen LogP contribution in [-0.4, -0.2) is 12.3 Å². The molecule has 0 radical (unpaired) electrons. The maximum Gasteiger partial charge on any atom is 0.257 e. The van der Waals surface area contributed by atoms with Gasteiger partial charge in [-0.1, -0.05) is 29.8 Å². The van der Waals surface area contributed by atoms with Gasteiger partial charge in [0.1, 0.15) is 0 Å². The van der Waals surface area contributed by atoms with Crippen molar-refractivity contribution in [2.24, 2.45) is 0 Å². The maximum absolute atomic E-state index is 12.1. The highest BCUT2D eigenvalue weighted by Crippen LogP contribution is 2.17. The van der Waals surface area contributed by atoms with Gasteiger partial charge < -0.3 is 10.6 Å². The lowest BCUT2D eigenvalue weighted by Gasteiger charge is -2.09. The smallest absolute Gasteiger partial charge is 0.257 e. The first-order chi connectivity index (χ1) is 9.20. The van der Waals surface area contributed by atoms with E-state index in [2.05, 4.69) is 10.6 Å². The summed E-state index contributed by atoms with van der Waals surface area (Å²) in [5.41, 5.74) is 2.76. The van der Waals surface area contributed by atoms with E-state index in [1.165, 1.54) is 0 Å². The molecular weight excluding hydrogens is 240 g/mol. The number of hydrogen-bond donors (Lipinski definition) is 2. The summed E-state index contributed by atoms with van der Waals surface area (Å²) in [5, 5.41) is 5.30. The van der Waals surface area contributed by atoms with E-state index in [1.54, 1.807) is 24.3 Å². The van der Waals surface area contributed by atoms with E-state index in [0.717, 1.165) is 11.3 Å². The van der Waals surface area contributed by atoms with Crippen molar-refractivity contribution < 1.29 is 9.59 Å². The van der Waals surface area contributed by atoms with Gasteiger partial charge in [0, 0.05) is 5.69 Å². The molecule has 2 aromatic carbocycles. The van der Waals surface area contributed by atoms with E-state index in [1.807, 2.05) is 31.2 Å². The van der Waals surface area contributed by atoms with Gasteiger partial charge in [-0.05, 0) is 31.2 Å². The van der Waals surface area contributed by atoms with E-state index in [9.17, 15) is 9.59 Å². The van der Waals surface area contributed by atoms with Crippen LogP contribution in [0.1, 0.15) is 15.9 Å². The van der Waals surface area contributed by atoms with Crippen LogP contribution in [0.25, 0.3) is 0 Å². The number of carbonyl (C=O) groups excluding carboxylic acids is 2. The first kappa shape index (κ1) is 12.8. The summed E-state index contributed by atoms with van der Waals surface area (Å²) in [6, 6.07) is 14.4. The molecule has 0 fully saturated rings. The second kappa shape index (κ2) is 5.82. The molecule has 0 aliphatic heterocycles. The van der Waals surface area contributed by atoms with Crippen molar-refractivity contribution in [3.8, 4) is 0 Å². The molecule has 0 saturated heterocycles. The third-order valence-electron chi connectivity index (χ3n) is 2.70. The third-order valence-corrected chi connectivity index (χ3v) is 2.70. The quantitative estimate of drug-likeness (QED) is 0.824. The molecule has 0 aromatic heterocycles. The largest absolute Gasteiger partial charge is 0.328 e. The van der Waals surface area contributed by atoms with Gasteiger partial charge in [0.15, 0.2) is 0 Å². The van der Waals surface area contributed by atoms with Crippen LogP contribution in [0, 0.1) is 6.92 Å². The predicted molar refractivity (Wildman–Crippen MR) is 75.3 cm³/mol. The Hall–Kier alpha value is -2.62. The SMILES string of the molecule is Cc1ccc(NC(=O)c2ccccc2NC=O)cc1. The molecule has 2 amide bonds. The fourth-order valence-electron chi connectivity index (χ4n) is 1.71. The minimum atomic E-state index is -0.256. The summed E-state index contributed by atoms with van der Waals surface area (Å²) in [5.74, 6) is -0.256. The summed E-state index contributed by atoms with van der Waals surface area (Å²) in [4.78, 5) is 22.6. The first-order valence-electron chi connectivity index (χ1n) is 5.88. The molecule has 4 nitrogen and oxygen atoms in total. The Morgan fingerprint density at radius 1 is 1.05 bits per heavy atom. The normalized spacial score (nSPS) is 9.74. The van der Waals surface area contributed by atoms with Crippen molar-refractivity contribution in [2.75, 3.05) is 10.6 Å². The molecule has 19 heavy (non-hydrogen) atoms. The molecule has 0 spiro atoms. The van der Waals surface area contributed by atoms with Gasteiger partial charge in [-0.3, -0.25) is 9.59 Å². The Labute approximate surface area is 111 Å². The van der Waals surface area contributed by atoms with Crippen LogP contribution >= 0.6 is 0 Å². The summed E-state index contributed by atoms with van der Waals surface area (Å²) in [6.07, 6.45) is 0.554. The molecule has 4 heteroatoms. The van der Waals surface area contributed by atoms with Crippen molar-refractivity contribution in [3.05, 3.63) is 59.7 Å². The lowest BCUT2D eigenvalue weighted by atomic mass is 10.1. The molecule has 96 valence electrons. The van der Waals surface area contributed by atoms with Crippen LogP contribution in [-0.2, 0) is 4.79 Å². The van der Waals surface area contributed by atoms with Gasteiger partial charge in [-0.25, -0.2) is 0 Å². The van der Waals surface area contributed by atoms with Gasteiger partial charge >= 0.3 is 0 Å². The number of para-hydroxylation sites is 1. The molecule has 2 aromatic rings. The lowest BCUT2D eigenvalue weighted by molar-refractivity contribution is -0.105. The van der Waals surface area contributed by atoms with E-state index in [4.69, 9.17) is 0 Å². The van der Waals surface area contributed by atoms with Gasteiger partial charge in [-0.15, -0.1) is 0 Å². The summed E-state index contributed by atoms with van der Waals surface area (Å²) in [6.45, 7) is 1.98. The molecule has 0 atom stereocenters. The highest BCUT2D eigenvalue weighted by molar-refractivity contribution is 6.08. The minimum Gasteiger partial charge on any atom is -0.328 e. The Morgan fingerprint density at radius 2 is 1.74 bits per heavy atom. The molecule has 0 saturated carbocycles. The molecule has 0 heterocycles. The summed E-state index contributed by atoms with van der Waals surface area (Å²) >= 11 is 0. The minimum absolute atomic E-state index is 0.256. The van der Waals surface area contributed by atoms with Crippen molar-refractivity contribution in [2.45, 2.75) is 6.92 Å². The number of rotatable bonds is 4. The second-order valence-corrected chi connectivity index (χ2v) is 4.13. The molecule has 2 N–H and O–H groups in total. The monoisotopic (exact) mass is 254 g/mol. The van der Waals surface area contributed by atoms with Crippen molar-refractivity contribution in [3.63, 3.8) is 0 Å². The predicted octanol–water partition coefficient (Wildman–Crippen LogP) is 2.82. The van der Waals surface area contributed by atoms with Crippen LogP contribution in [0.2, 0.25) is 0 Å². The lowest BCUT2D eigenvalue weighted by Crippen LogP contribution is -2.14. The van der Waals surface area contributed by atoms with Gasteiger partial charge in [-0.2, -0.15) is 0 Å². The second-order valence-electron chi connectivity index (χ2n) is 4.13. The number of anilines is 2. The van der Waals surface area contributed by atoms with E-state index < -0.39 is 0 Å². The summed E-state index contributed by atoms with van der Waals surface area (Å²) in [7, 11) is 0.